The minimum atomic E-state index is -2.87. The van der Waals surface area contributed by atoms with Crippen molar-refractivity contribution >= 4 is 52.4 Å². The number of anilines is 3. The molecule has 20 heteroatoms. The second-order valence-corrected chi connectivity index (χ2v) is 17.3. The molecular weight excluding hydrogens is 833 g/mol. The number of nitrogens with one attached hydrogen (secondary N) is 2. The normalized spacial score (nSPS) is 22.6. The van der Waals surface area contributed by atoms with Crippen LogP contribution in [0.2, 0.25) is 0 Å². The van der Waals surface area contributed by atoms with Gasteiger partial charge in [0.05, 0.1) is 48.4 Å². The number of ether oxygens (including phenoxy) is 2. The van der Waals surface area contributed by atoms with Crippen LogP contribution in [0.3, 0.4) is 0 Å². The molecule has 1 aromatic carbocycles. The van der Waals surface area contributed by atoms with Gasteiger partial charge in [0.1, 0.15) is 17.4 Å². The number of carbonyl (C=O) groups is 5. The molecule has 3 saturated heterocycles. The molecule has 1 aliphatic carbocycles. The van der Waals surface area contributed by atoms with Crippen LogP contribution in [0.15, 0.2) is 42.9 Å². The van der Waals surface area contributed by atoms with Crippen molar-refractivity contribution in [2.45, 2.75) is 82.4 Å². The molecule has 5 aliphatic rings. The Hall–Kier alpha value is -5.86. The number of likely N-dealkylation sites (tertiary alicyclic amines) is 2. The van der Waals surface area contributed by atoms with Crippen molar-refractivity contribution < 1.29 is 42.2 Å². The van der Waals surface area contributed by atoms with E-state index in [1.165, 1.54) is 24.0 Å². The van der Waals surface area contributed by atoms with Crippen LogP contribution in [-0.4, -0.2) is 147 Å². The second-order valence-electron chi connectivity index (χ2n) is 17.3. The van der Waals surface area contributed by atoms with Crippen molar-refractivity contribution in [1.29, 1.82) is 0 Å². The van der Waals surface area contributed by atoms with Crippen LogP contribution in [0.1, 0.15) is 107 Å². The van der Waals surface area contributed by atoms with E-state index in [4.69, 9.17) is 9.47 Å². The van der Waals surface area contributed by atoms with Crippen LogP contribution in [0.25, 0.3) is 5.65 Å². The zero-order valence-corrected chi connectivity index (χ0v) is 35.8. The highest BCUT2D eigenvalue weighted by molar-refractivity contribution is 6.25. The summed E-state index contributed by atoms with van der Waals surface area (Å²) >= 11 is 0. The number of nitrogens with zero attached hydrogens (tertiary/aromatic N) is 9. The largest absolute Gasteiger partial charge is 0.384 e. The molecule has 1 unspecified atom stereocenters. The summed E-state index contributed by atoms with van der Waals surface area (Å²) in [5, 5.41) is 14.5. The van der Waals surface area contributed by atoms with Gasteiger partial charge in [-0.2, -0.15) is 10.2 Å². The minimum Gasteiger partial charge on any atom is -0.384 e. The Morgan fingerprint density at radius 2 is 1.73 bits per heavy atom. The first-order chi connectivity index (χ1) is 31.0. The maximum atomic E-state index is 14.3. The number of aromatic nitrogens is 5. The summed E-state index contributed by atoms with van der Waals surface area (Å²) in [6, 6.07) is 5.81. The summed E-state index contributed by atoms with van der Waals surface area (Å²) in [5.74, 6) is -1.35. The third-order valence-corrected chi connectivity index (χ3v) is 13.3. The molecule has 1 saturated carbocycles. The van der Waals surface area contributed by atoms with Gasteiger partial charge in [-0.05, 0) is 75.5 Å². The zero-order valence-electron chi connectivity index (χ0n) is 35.8. The SMILES string of the molecule is CN1C(=O)CCC(N2C(=O)c3cccc(NCCCOC4CCN(C[C@H]5CC[C@H](n6cc(NC(=O)c7cnn8ccc(N9CCOCC9)nc78)c(C(F)F)n6)CC5)CC4)c3C2=O)C1=O. The van der Waals surface area contributed by atoms with Crippen molar-refractivity contribution in [1.82, 2.24) is 39.1 Å². The van der Waals surface area contributed by atoms with Crippen LogP contribution >= 0.6 is 0 Å². The number of morpholine rings is 1. The number of hydrogen-bond donors (Lipinski definition) is 2. The van der Waals surface area contributed by atoms with E-state index in [9.17, 15) is 32.8 Å². The van der Waals surface area contributed by atoms with E-state index in [0.29, 0.717) is 68.9 Å². The predicted molar refractivity (Wildman–Crippen MR) is 228 cm³/mol. The predicted octanol–water partition coefficient (Wildman–Crippen LogP) is 4.41. The molecule has 1 atom stereocenters. The number of halogens is 2. The number of alkyl halides is 2. The highest BCUT2D eigenvalue weighted by atomic mass is 19.3. The number of carbonyl (C=O) groups excluding carboxylic acids is 5. The fraction of sp³-hybridized carbons (Fsp3) is 0.545. The highest BCUT2D eigenvalue weighted by Gasteiger charge is 2.47. The molecule has 340 valence electrons. The molecule has 0 spiro atoms. The lowest BCUT2D eigenvalue weighted by atomic mass is 9.85. The minimum absolute atomic E-state index is 0.0175. The number of rotatable bonds is 14. The lowest BCUT2D eigenvalue weighted by molar-refractivity contribution is -0.149. The van der Waals surface area contributed by atoms with Gasteiger partial charge >= 0.3 is 0 Å². The number of likely N-dealkylation sites (N-methyl/N-ethyl adjacent to an activating group) is 1. The Balaban J connectivity index is 0.702. The first-order valence-corrected chi connectivity index (χ1v) is 22.3. The number of fused-ring (bicyclic) bond motifs is 2. The van der Waals surface area contributed by atoms with Crippen molar-refractivity contribution in [3.63, 3.8) is 0 Å². The third kappa shape index (κ3) is 8.82. The van der Waals surface area contributed by atoms with Gasteiger partial charge in [0.25, 0.3) is 30.1 Å². The topological polar surface area (TPSA) is 189 Å². The Morgan fingerprint density at radius 3 is 2.50 bits per heavy atom. The molecule has 0 bridgehead atoms. The fourth-order valence-electron chi connectivity index (χ4n) is 9.66. The summed E-state index contributed by atoms with van der Waals surface area (Å²) in [4.78, 5) is 76.2. The van der Waals surface area contributed by atoms with Crippen molar-refractivity contribution in [3.8, 4) is 0 Å². The van der Waals surface area contributed by atoms with E-state index in [0.717, 1.165) is 68.0 Å². The maximum Gasteiger partial charge on any atom is 0.284 e. The molecule has 4 aliphatic heterocycles. The molecule has 7 heterocycles. The van der Waals surface area contributed by atoms with Gasteiger partial charge in [-0.3, -0.25) is 38.5 Å². The fourth-order valence-corrected chi connectivity index (χ4v) is 9.66. The smallest absolute Gasteiger partial charge is 0.284 e. The van der Waals surface area contributed by atoms with Gasteiger partial charge in [0.15, 0.2) is 11.3 Å². The van der Waals surface area contributed by atoms with Gasteiger partial charge in [-0.1, -0.05) is 6.07 Å². The van der Waals surface area contributed by atoms with E-state index in [1.807, 2.05) is 6.07 Å². The van der Waals surface area contributed by atoms with Gasteiger partial charge in [0, 0.05) is 77.4 Å². The van der Waals surface area contributed by atoms with Crippen molar-refractivity contribution in [2.24, 2.45) is 5.92 Å². The van der Waals surface area contributed by atoms with E-state index in [-0.39, 0.29) is 53.3 Å². The quantitative estimate of drug-likeness (QED) is 0.134. The third-order valence-electron chi connectivity index (χ3n) is 13.3. The van der Waals surface area contributed by atoms with E-state index in [1.54, 1.807) is 29.1 Å². The molecular formula is C44H53F2N11O7. The first-order valence-electron chi connectivity index (χ1n) is 22.3. The molecule has 4 aromatic rings. The molecule has 9 rings (SSSR count). The molecule has 18 nitrogen and oxygen atoms in total. The van der Waals surface area contributed by atoms with Gasteiger partial charge in [-0.25, -0.2) is 18.3 Å². The van der Waals surface area contributed by atoms with Crippen LogP contribution in [0.4, 0.5) is 26.0 Å². The van der Waals surface area contributed by atoms with Gasteiger partial charge in [0.2, 0.25) is 5.91 Å². The van der Waals surface area contributed by atoms with Crippen LogP contribution in [0.5, 0.6) is 0 Å². The summed E-state index contributed by atoms with van der Waals surface area (Å²) in [6.45, 7) is 6.38. The molecule has 0 radical (unpaired) electrons. The summed E-state index contributed by atoms with van der Waals surface area (Å²) in [7, 11) is 1.37. The van der Waals surface area contributed by atoms with Gasteiger partial charge in [-0.15, -0.1) is 0 Å². The number of hydrogen-bond acceptors (Lipinski definition) is 13. The molecule has 3 aromatic heterocycles. The molecule has 64 heavy (non-hydrogen) atoms. The Bertz CT molecular complexity index is 2400. The lowest BCUT2D eigenvalue weighted by Crippen LogP contribution is -2.54. The Kier molecular flexibility index (Phi) is 12.7. The van der Waals surface area contributed by atoms with E-state index < -0.39 is 41.8 Å². The first kappa shape index (κ1) is 43.4. The lowest BCUT2D eigenvalue weighted by Gasteiger charge is -2.36. The second kappa shape index (κ2) is 18.7. The monoisotopic (exact) mass is 885 g/mol. The summed E-state index contributed by atoms with van der Waals surface area (Å²) in [5.41, 5.74) is 1.05. The maximum absolute atomic E-state index is 14.3. The molecule has 5 amide bonds. The van der Waals surface area contributed by atoms with Crippen LogP contribution < -0.4 is 15.5 Å². The zero-order chi connectivity index (χ0) is 44.5. The average molecular weight is 886 g/mol. The van der Waals surface area contributed by atoms with Crippen LogP contribution in [-0.2, 0) is 19.1 Å². The highest BCUT2D eigenvalue weighted by Crippen LogP contribution is 2.37. The number of benzene rings is 1. The average Bonchev–Trinajstić information content (AvgIpc) is 4.01. The number of piperidine rings is 2. The number of imide groups is 2. The van der Waals surface area contributed by atoms with Crippen molar-refractivity contribution in [3.05, 3.63) is 65.2 Å². The van der Waals surface area contributed by atoms with E-state index >= 15 is 0 Å². The van der Waals surface area contributed by atoms with Gasteiger partial charge < -0.3 is 29.9 Å². The van der Waals surface area contributed by atoms with Crippen LogP contribution in [0, 0.1) is 5.92 Å². The summed E-state index contributed by atoms with van der Waals surface area (Å²) < 4.78 is 43.3. The Morgan fingerprint density at radius 1 is 0.953 bits per heavy atom. The standard InChI is InChI=1S/C44H53F2N11O7/c1-52-36(58)11-10-34(43(52)61)57-42(60)30-4-2-5-32(37(30)44(57)62)47-15-3-21-64-29-12-16-53(17-13-29)25-27-6-8-28(9-7-27)56-26-33(38(51-56)39(45)46)49-41(59)31-24-48-55-18-14-35(50-40(31)55)54-19-22-63-23-20-54/h2,4-5,14,18,24,26-29,34,39,47H,3,6-13,15-17,19-23,25H2,1H3,(H,49,59)/t27-,28-,34?. The van der Waals surface area contributed by atoms with E-state index in [2.05, 4.69) is 35.6 Å². The van der Waals surface area contributed by atoms with Crippen molar-refractivity contribution in [2.75, 3.05) is 81.7 Å². The Labute approximate surface area is 368 Å². The summed E-state index contributed by atoms with van der Waals surface area (Å²) in [6.07, 6.45) is 8.13. The molecule has 4 fully saturated rings. The number of amides is 5. The molecule has 2 N–H and O–H groups in total.